The summed E-state index contributed by atoms with van der Waals surface area (Å²) in [7, 11) is 0. The molecule has 0 heterocycles. The van der Waals surface area contributed by atoms with E-state index in [0.29, 0.717) is 6.08 Å². The van der Waals surface area contributed by atoms with E-state index in [-0.39, 0.29) is 0 Å². The molecule has 0 spiro atoms. The van der Waals surface area contributed by atoms with Crippen LogP contribution in [0.3, 0.4) is 0 Å². The fourth-order valence-corrected chi connectivity index (χ4v) is 1.12. The smallest absolute Gasteiger partial charge is 0.432 e. The second kappa shape index (κ2) is 3.88. The lowest BCUT2D eigenvalue weighted by atomic mass is 10.0. The van der Waals surface area contributed by atoms with E-state index in [1.54, 1.807) is 0 Å². The first-order valence-corrected chi connectivity index (χ1v) is 3.74. The van der Waals surface area contributed by atoms with Gasteiger partial charge in [0.15, 0.2) is 0 Å². The topological polar surface area (TPSA) is 163 Å². The van der Waals surface area contributed by atoms with E-state index >= 15 is 0 Å². The summed E-state index contributed by atoms with van der Waals surface area (Å²) >= 11 is 0. The first-order valence-electron chi connectivity index (χ1n) is 3.74. The average Bonchev–Trinajstić information content (AvgIpc) is 2.20. The third kappa shape index (κ3) is 1.65. The van der Waals surface area contributed by atoms with Crippen molar-refractivity contribution in [1.29, 1.82) is 0 Å². The predicted molar refractivity (Wildman–Crippen MR) is 46.4 cm³/mol. The molecule has 1 unspecified atom stereocenters. The van der Waals surface area contributed by atoms with Gasteiger partial charge in [0.05, 0.1) is 15.9 Å². The second-order valence-electron chi connectivity index (χ2n) is 2.71. The van der Waals surface area contributed by atoms with E-state index in [4.69, 9.17) is 10.6 Å². The number of nitro groups is 2. The Balaban J connectivity index is 3.58. The molecule has 0 saturated heterocycles. The molecule has 0 saturated carbocycles. The van der Waals surface area contributed by atoms with Gasteiger partial charge in [0.25, 0.3) is 0 Å². The fraction of sp³-hybridized carbons (Fsp3) is 0.167. The molecular formula is C6H4N4O6. The zero-order valence-corrected chi connectivity index (χ0v) is 7.47. The summed E-state index contributed by atoms with van der Waals surface area (Å²) in [6.07, 6.45) is -1.54. The van der Waals surface area contributed by atoms with Gasteiger partial charge in [-0.25, -0.2) is 0 Å². The van der Waals surface area contributed by atoms with Gasteiger partial charge in [0.2, 0.25) is 6.10 Å². The minimum absolute atomic E-state index is 0.428. The van der Waals surface area contributed by atoms with E-state index in [1.807, 2.05) is 0 Å². The zero-order chi connectivity index (χ0) is 12.5. The molecule has 10 nitrogen and oxygen atoms in total. The van der Waals surface area contributed by atoms with Crippen LogP contribution in [0.1, 0.15) is 0 Å². The lowest BCUT2D eigenvalue weighted by Gasteiger charge is -2.07. The van der Waals surface area contributed by atoms with Crippen molar-refractivity contribution < 1.29 is 24.8 Å². The fourth-order valence-electron chi connectivity index (χ4n) is 1.12. The highest BCUT2D eigenvalue weighted by Gasteiger charge is 2.48. The van der Waals surface area contributed by atoms with Crippen LogP contribution in [-0.2, 0) is 0 Å². The number of hydrogen-bond donors (Lipinski definition) is 2. The van der Waals surface area contributed by atoms with Gasteiger partial charge in [-0.3, -0.25) is 20.2 Å². The lowest BCUT2D eigenvalue weighted by Crippen LogP contribution is -2.34. The highest BCUT2D eigenvalue weighted by Crippen LogP contribution is 2.21. The van der Waals surface area contributed by atoms with Gasteiger partial charge in [-0.2, -0.15) is 4.79 Å². The third-order valence-corrected chi connectivity index (χ3v) is 1.80. The molecule has 2 N–H and O–H groups in total. The van der Waals surface area contributed by atoms with Crippen LogP contribution in [0.25, 0.3) is 5.53 Å². The van der Waals surface area contributed by atoms with Crippen molar-refractivity contribution >= 4 is 5.71 Å². The standard InChI is InChI=1S/C6H4N4O6/c7-8-4-5(10(15)16)2(9(13)14)1-3(11)6(4)12/h1,6,11-12H. The molecule has 0 fully saturated rings. The molecular weight excluding hydrogens is 224 g/mol. The number of allylic oxidation sites excluding steroid dienone is 1. The Kier molecular flexibility index (Phi) is 2.79. The third-order valence-electron chi connectivity index (χ3n) is 1.80. The van der Waals surface area contributed by atoms with Crippen molar-refractivity contribution in [3.8, 4) is 0 Å². The first-order chi connectivity index (χ1) is 7.40. The number of aliphatic hydroxyl groups excluding tert-OH is 2. The van der Waals surface area contributed by atoms with Gasteiger partial charge >= 0.3 is 17.1 Å². The van der Waals surface area contributed by atoms with Crippen LogP contribution in [0.5, 0.6) is 0 Å². The molecule has 0 aliphatic heterocycles. The summed E-state index contributed by atoms with van der Waals surface area (Å²) in [5.41, 5.74) is 5.20. The molecule has 1 aliphatic carbocycles. The van der Waals surface area contributed by atoms with Gasteiger partial charge in [-0.15, -0.1) is 0 Å². The van der Waals surface area contributed by atoms with Crippen molar-refractivity contribution in [1.82, 2.24) is 0 Å². The summed E-state index contributed by atoms with van der Waals surface area (Å²) in [6, 6.07) is 0. The normalized spacial score (nSPS) is 20.2. The van der Waals surface area contributed by atoms with Gasteiger partial charge in [0, 0.05) is 0 Å². The van der Waals surface area contributed by atoms with Crippen molar-refractivity contribution in [2.24, 2.45) is 0 Å². The SMILES string of the molecule is [N-]=[N+]=C1C([N+](=O)[O-])=C([N+](=O)[O-])C=C(O)C1O. The summed E-state index contributed by atoms with van der Waals surface area (Å²) < 4.78 is 0. The van der Waals surface area contributed by atoms with E-state index in [1.165, 1.54) is 0 Å². The van der Waals surface area contributed by atoms with Crippen molar-refractivity contribution in [2.45, 2.75) is 6.10 Å². The molecule has 0 radical (unpaired) electrons. The highest BCUT2D eigenvalue weighted by molar-refractivity contribution is 6.00. The van der Waals surface area contributed by atoms with Crippen molar-refractivity contribution in [3.05, 3.63) is 49.0 Å². The Bertz CT molecular complexity index is 485. The number of rotatable bonds is 2. The van der Waals surface area contributed by atoms with Gasteiger partial charge in [0.1, 0.15) is 5.76 Å². The van der Waals surface area contributed by atoms with Crippen LogP contribution in [0.15, 0.2) is 23.2 Å². The molecule has 1 rings (SSSR count). The average molecular weight is 228 g/mol. The van der Waals surface area contributed by atoms with E-state index in [0.717, 1.165) is 0 Å². The molecule has 1 atom stereocenters. The molecule has 0 bridgehead atoms. The maximum atomic E-state index is 10.5. The van der Waals surface area contributed by atoms with Crippen molar-refractivity contribution in [2.75, 3.05) is 0 Å². The summed E-state index contributed by atoms with van der Waals surface area (Å²) in [4.78, 5) is 21.0. The van der Waals surface area contributed by atoms with Crippen LogP contribution >= 0.6 is 0 Å². The predicted octanol–water partition coefficient (Wildman–Crippen LogP) is -0.761. The molecule has 1 aliphatic rings. The molecule has 0 aromatic heterocycles. The Hall–Kier alpha value is -2.58. The summed E-state index contributed by atoms with van der Waals surface area (Å²) in [5, 5.41) is 39.2. The van der Waals surface area contributed by atoms with E-state index in [2.05, 4.69) is 4.79 Å². The van der Waals surface area contributed by atoms with E-state index in [9.17, 15) is 25.3 Å². The lowest BCUT2D eigenvalue weighted by molar-refractivity contribution is -0.463. The monoisotopic (exact) mass is 228 g/mol. The van der Waals surface area contributed by atoms with Crippen LogP contribution in [0.2, 0.25) is 0 Å². The van der Waals surface area contributed by atoms with Crippen molar-refractivity contribution in [3.63, 3.8) is 0 Å². The quantitative estimate of drug-likeness (QED) is 0.273. The summed E-state index contributed by atoms with van der Waals surface area (Å²) in [6.45, 7) is 0. The molecule has 0 aromatic carbocycles. The van der Waals surface area contributed by atoms with E-state index < -0.39 is 38.8 Å². The number of nitrogens with zero attached hydrogens (tertiary/aromatic N) is 4. The minimum atomic E-state index is -1.96. The maximum Gasteiger partial charge on any atom is 0.432 e. The Morgan fingerprint density at radius 2 is 1.94 bits per heavy atom. The molecule has 0 amide bonds. The van der Waals surface area contributed by atoms with Crippen LogP contribution in [0.4, 0.5) is 0 Å². The molecule has 0 aromatic rings. The highest BCUT2D eigenvalue weighted by atomic mass is 16.6. The second-order valence-corrected chi connectivity index (χ2v) is 2.71. The zero-order valence-electron chi connectivity index (χ0n) is 7.47. The van der Waals surface area contributed by atoms with Crippen LogP contribution in [0, 0.1) is 20.2 Å². The molecule has 16 heavy (non-hydrogen) atoms. The van der Waals surface area contributed by atoms with Crippen LogP contribution in [-0.4, -0.2) is 36.7 Å². The number of aliphatic hydroxyl groups is 2. The molecule has 10 heteroatoms. The Morgan fingerprint density at radius 1 is 1.38 bits per heavy atom. The maximum absolute atomic E-state index is 10.5. The van der Waals surface area contributed by atoms with Gasteiger partial charge in [-0.05, 0) is 0 Å². The largest absolute Gasteiger partial charge is 0.509 e. The molecule has 84 valence electrons. The number of hydrogen-bond acceptors (Lipinski definition) is 6. The Morgan fingerprint density at radius 3 is 2.31 bits per heavy atom. The Labute approximate surface area is 86.7 Å². The summed E-state index contributed by atoms with van der Waals surface area (Å²) in [5.74, 6) is -0.912. The van der Waals surface area contributed by atoms with Gasteiger partial charge in [-0.1, -0.05) is 0 Å². The van der Waals surface area contributed by atoms with Crippen LogP contribution < -0.4 is 0 Å². The van der Waals surface area contributed by atoms with Gasteiger partial charge < -0.3 is 15.7 Å². The first kappa shape index (κ1) is 11.5. The minimum Gasteiger partial charge on any atom is -0.509 e.